The van der Waals surface area contributed by atoms with Crippen molar-refractivity contribution >= 4 is 5.91 Å². The summed E-state index contributed by atoms with van der Waals surface area (Å²) >= 11 is 0. The molecular weight excluding hydrogens is 224 g/mol. The molecule has 96 valence electrons. The van der Waals surface area contributed by atoms with E-state index in [4.69, 9.17) is 0 Å². The van der Waals surface area contributed by atoms with Gasteiger partial charge in [0.05, 0.1) is 6.07 Å². The van der Waals surface area contributed by atoms with E-state index in [9.17, 15) is 10.1 Å². The van der Waals surface area contributed by atoms with Crippen LogP contribution in [0.4, 0.5) is 0 Å². The summed E-state index contributed by atoms with van der Waals surface area (Å²) in [6.07, 6.45) is 7.31. The van der Waals surface area contributed by atoms with E-state index in [0.717, 1.165) is 25.7 Å². The predicted molar refractivity (Wildman–Crippen MR) is 68.4 cm³/mol. The van der Waals surface area contributed by atoms with Crippen molar-refractivity contribution in [2.24, 2.45) is 17.3 Å². The van der Waals surface area contributed by atoms with E-state index in [0.29, 0.717) is 12.0 Å². The third kappa shape index (κ3) is 1.44. The van der Waals surface area contributed by atoms with Gasteiger partial charge in [-0.05, 0) is 37.0 Å². The van der Waals surface area contributed by atoms with Crippen molar-refractivity contribution < 1.29 is 4.79 Å². The summed E-state index contributed by atoms with van der Waals surface area (Å²) in [7, 11) is 0. The van der Waals surface area contributed by atoms with Gasteiger partial charge < -0.3 is 4.90 Å². The van der Waals surface area contributed by atoms with Crippen LogP contribution in [0, 0.1) is 28.6 Å². The fourth-order valence-electron chi connectivity index (χ4n) is 3.76. The van der Waals surface area contributed by atoms with Crippen molar-refractivity contribution in [1.29, 1.82) is 5.26 Å². The molecule has 0 aromatic heterocycles. The van der Waals surface area contributed by atoms with Crippen LogP contribution >= 0.6 is 0 Å². The topological polar surface area (TPSA) is 44.1 Å². The number of amides is 1. The Morgan fingerprint density at radius 3 is 2.78 bits per heavy atom. The minimum Gasteiger partial charge on any atom is -0.323 e. The summed E-state index contributed by atoms with van der Waals surface area (Å²) in [5.41, 5.74) is 0.00403. The molecule has 0 N–H and O–H groups in total. The largest absolute Gasteiger partial charge is 0.323 e. The van der Waals surface area contributed by atoms with Crippen LogP contribution in [-0.4, -0.2) is 22.9 Å². The number of likely N-dealkylation sites (tertiary alicyclic amines) is 1. The molecule has 0 spiro atoms. The molecule has 3 fully saturated rings. The highest BCUT2D eigenvalue weighted by molar-refractivity contribution is 5.81. The van der Waals surface area contributed by atoms with Gasteiger partial charge in [-0.3, -0.25) is 4.79 Å². The van der Waals surface area contributed by atoms with Gasteiger partial charge >= 0.3 is 0 Å². The lowest BCUT2D eigenvalue weighted by atomic mass is 9.61. The van der Waals surface area contributed by atoms with Crippen molar-refractivity contribution in [2.45, 2.75) is 51.1 Å². The Labute approximate surface area is 108 Å². The van der Waals surface area contributed by atoms with Crippen LogP contribution < -0.4 is 0 Å². The van der Waals surface area contributed by atoms with Crippen LogP contribution in [0.5, 0.6) is 0 Å². The van der Waals surface area contributed by atoms with Crippen molar-refractivity contribution in [3.8, 4) is 6.07 Å². The first kappa shape index (κ1) is 11.8. The third-order valence-corrected chi connectivity index (χ3v) is 5.43. The second kappa shape index (κ2) is 3.85. The first-order valence-corrected chi connectivity index (χ1v) is 6.98. The fourth-order valence-corrected chi connectivity index (χ4v) is 3.76. The van der Waals surface area contributed by atoms with Gasteiger partial charge in [0.1, 0.15) is 6.04 Å². The highest BCUT2D eigenvalue weighted by Crippen LogP contribution is 2.52. The summed E-state index contributed by atoms with van der Waals surface area (Å²) in [4.78, 5) is 14.6. The molecule has 2 aliphatic carbocycles. The van der Waals surface area contributed by atoms with Gasteiger partial charge in [0, 0.05) is 12.0 Å². The third-order valence-electron chi connectivity index (χ3n) is 5.43. The van der Waals surface area contributed by atoms with Crippen molar-refractivity contribution in [2.75, 3.05) is 0 Å². The molecule has 0 bridgehead atoms. The lowest BCUT2D eigenvalue weighted by Gasteiger charge is -2.45. The summed E-state index contributed by atoms with van der Waals surface area (Å²) in [6, 6.07) is 2.49. The van der Waals surface area contributed by atoms with E-state index < -0.39 is 0 Å². The Morgan fingerprint density at radius 2 is 2.28 bits per heavy atom. The van der Waals surface area contributed by atoms with Gasteiger partial charge in [-0.25, -0.2) is 0 Å². The number of nitriles is 1. The van der Waals surface area contributed by atoms with E-state index in [2.05, 4.69) is 12.6 Å². The van der Waals surface area contributed by atoms with Crippen LogP contribution in [0.1, 0.15) is 39.0 Å². The second-order valence-corrected chi connectivity index (χ2v) is 6.20. The number of fused-ring (bicyclic) bond motifs is 1. The summed E-state index contributed by atoms with van der Waals surface area (Å²) in [6.45, 7) is 5.94. The zero-order valence-corrected chi connectivity index (χ0v) is 10.9. The molecule has 18 heavy (non-hydrogen) atoms. The average molecular weight is 244 g/mol. The van der Waals surface area contributed by atoms with Crippen LogP contribution in [-0.2, 0) is 4.79 Å². The molecule has 1 unspecified atom stereocenters. The van der Waals surface area contributed by atoms with Gasteiger partial charge in [-0.15, -0.1) is 6.58 Å². The number of hydrogen-bond donors (Lipinski definition) is 0. The molecule has 2 saturated carbocycles. The van der Waals surface area contributed by atoms with Crippen molar-refractivity contribution in [3.05, 3.63) is 12.7 Å². The Kier molecular flexibility index (Phi) is 2.52. The molecule has 1 saturated heterocycles. The number of piperidine rings is 1. The minimum absolute atomic E-state index is 0.00403. The van der Waals surface area contributed by atoms with Crippen molar-refractivity contribution in [3.63, 3.8) is 0 Å². The molecule has 3 rings (SSSR count). The number of carbonyl (C=O) groups is 1. The molecule has 3 aliphatic rings. The van der Waals surface area contributed by atoms with E-state index in [1.807, 2.05) is 17.9 Å². The molecule has 0 radical (unpaired) electrons. The molecule has 1 aliphatic heterocycles. The van der Waals surface area contributed by atoms with Crippen LogP contribution in [0.15, 0.2) is 12.7 Å². The van der Waals surface area contributed by atoms with Crippen molar-refractivity contribution in [1.82, 2.24) is 4.90 Å². The number of hydrogen-bond acceptors (Lipinski definition) is 2. The van der Waals surface area contributed by atoms with Crippen LogP contribution in [0.3, 0.4) is 0 Å². The molecule has 0 aromatic carbocycles. The maximum atomic E-state index is 12.7. The summed E-state index contributed by atoms with van der Waals surface area (Å²) < 4.78 is 0. The number of rotatable bonds is 3. The first-order valence-electron chi connectivity index (χ1n) is 6.98. The zero-order valence-electron chi connectivity index (χ0n) is 10.9. The molecule has 1 heterocycles. The maximum absolute atomic E-state index is 12.7. The quantitative estimate of drug-likeness (QED) is 0.716. The Bertz CT molecular complexity index is 432. The van der Waals surface area contributed by atoms with Gasteiger partial charge in [0.15, 0.2) is 0 Å². The van der Waals surface area contributed by atoms with Gasteiger partial charge in [-0.1, -0.05) is 19.4 Å². The van der Waals surface area contributed by atoms with E-state index in [1.54, 1.807) is 0 Å². The maximum Gasteiger partial charge on any atom is 0.227 e. The molecule has 3 nitrogen and oxygen atoms in total. The minimum atomic E-state index is -0.175. The highest BCUT2D eigenvalue weighted by Gasteiger charge is 2.56. The molecule has 4 atom stereocenters. The lowest BCUT2D eigenvalue weighted by molar-refractivity contribution is -0.141. The van der Waals surface area contributed by atoms with Gasteiger partial charge in [-0.2, -0.15) is 5.26 Å². The Hall–Kier alpha value is -1.30. The standard InChI is InChI=1S/C15H20N2O/c1-3-15(5-4-6-15)10(2)14(18)17-12(9-16)7-11-8-13(11)17/h3,10-13H,1,4-8H2,2H3/t10-,11?,12+,13+/m1/s1. The summed E-state index contributed by atoms with van der Waals surface area (Å²) in [5.74, 6) is 0.775. The Balaban J connectivity index is 1.78. The normalized spacial score (nSPS) is 37.1. The number of allylic oxidation sites excluding steroid dienone is 1. The predicted octanol–water partition coefficient (Wildman–Crippen LogP) is 2.49. The SMILES string of the molecule is C=CC1([C@H](C)C(=O)N2[C@H](C#N)CC3C[C@@H]32)CCC1. The molecule has 1 amide bonds. The fraction of sp³-hybridized carbons (Fsp3) is 0.733. The zero-order chi connectivity index (χ0) is 12.9. The van der Waals surface area contributed by atoms with Crippen LogP contribution in [0.25, 0.3) is 0 Å². The van der Waals surface area contributed by atoms with Gasteiger partial charge in [0.2, 0.25) is 5.91 Å². The highest BCUT2D eigenvalue weighted by atomic mass is 16.2. The Morgan fingerprint density at radius 1 is 1.56 bits per heavy atom. The summed E-state index contributed by atoms with van der Waals surface area (Å²) in [5, 5.41) is 9.17. The lowest BCUT2D eigenvalue weighted by Crippen LogP contribution is -2.48. The van der Waals surface area contributed by atoms with E-state index >= 15 is 0 Å². The smallest absolute Gasteiger partial charge is 0.227 e. The number of nitrogens with zero attached hydrogens (tertiary/aromatic N) is 2. The molecule has 0 aromatic rings. The van der Waals surface area contributed by atoms with E-state index in [1.165, 1.54) is 6.42 Å². The second-order valence-electron chi connectivity index (χ2n) is 6.20. The van der Waals surface area contributed by atoms with Crippen LogP contribution in [0.2, 0.25) is 0 Å². The monoisotopic (exact) mass is 244 g/mol. The molecular formula is C15H20N2O. The van der Waals surface area contributed by atoms with E-state index in [-0.39, 0.29) is 23.3 Å². The molecule has 3 heteroatoms. The first-order chi connectivity index (χ1) is 8.63. The average Bonchev–Trinajstić information content (AvgIpc) is 2.99. The number of carbonyl (C=O) groups excluding carboxylic acids is 1. The van der Waals surface area contributed by atoms with Gasteiger partial charge in [0.25, 0.3) is 0 Å².